The Balaban J connectivity index is 1.56. The first-order chi connectivity index (χ1) is 14.0. The number of aryl methyl sites for hydroxylation is 1. The zero-order valence-corrected chi connectivity index (χ0v) is 17.9. The second-order valence-electron chi connectivity index (χ2n) is 8.62. The quantitative estimate of drug-likeness (QED) is 0.625. The Hall–Kier alpha value is -2.02. The fourth-order valence-corrected chi connectivity index (χ4v) is 4.55. The van der Waals surface area contributed by atoms with Crippen LogP contribution in [0.15, 0.2) is 12.4 Å². The number of piperidine rings is 2. The fraction of sp³-hybridized carbons (Fsp3) is 0.727. The number of carbonyl (C=O) groups is 2. The normalized spacial score (nSPS) is 22.3. The third kappa shape index (κ3) is 5.98. The first-order valence-electron chi connectivity index (χ1n) is 10.8. The first-order valence-corrected chi connectivity index (χ1v) is 10.8. The monoisotopic (exact) mass is 402 g/mol. The molecule has 2 aliphatic heterocycles. The maximum absolute atomic E-state index is 12.7. The molecule has 3 rings (SSSR count). The number of methoxy groups -OCH3 is 1. The Morgan fingerprint density at radius 3 is 2.79 bits per heavy atom. The lowest BCUT2D eigenvalue weighted by molar-refractivity contribution is -0.143. The standard InChI is InChI=1S/C22H34N4O3/c1-18-13-24-19(14-23-18)15-26-17-22(10-8-21(26)28)9-6-11-25(16-22)20(27)7-4-3-5-12-29-2/h13-14H,3-12,15-17H2,1-2H3/t22-/m0/s1. The molecule has 3 heterocycles. The van der Waals surface area contributed by atoms with Crippen molar-refractivity contribution in [3.05, 3.63) is 23.8 Å². The van der Waals surface area contributed by atoms with Crippen molar-refractivity contribution in [3.8, 4) is 0 Å². The topological polar surface area (TPSA) is 75.6 Å². The molecular weight excluding hydrogens is 368 g/mol. The van der Waals surface area contributed by atoms with Gasteiger partial charge in [-0.05, 0) is 39.0 Å². The molecule has 29 heavy (non-hydrogen) atoms. The molecule has 7 heteroatoms. The van der Waals surface area contributed by atoms with Crippen molar-refractivity contribution < 1.29 is 14.3 Å². The lowest BCUT2D eigenvalue weighted by Gasteiger charge is -2.48. The van der Waals surface area contributed by atoms with Gasteiger partial charge >= 0.3 is 0 Å². The SMILES string of the molecule is COCCCCCC(=O)N1CCC[C@]2(CCC(=O)N(Cc3cnc(C)cn3)C2)C1. The van der Waals surface area contributed by atoms with Crippen LogP contribution in [-0.2, 0) is 20.9 Å². The van der Waals surface area contributed by atoms with Gasteiger partial charge in [0.25, 0.3) is 0 Å². The Labute approximate surface area is 173 Å². The van der Waals surface area contributed by atoms with Crippen molar-refractivity contribution in [2.24, 2.45) is 5.41 Å². The summed E-state index contributed by atoms with van der Waals surface area (Å²) in [5.74, 6) is 0.439. The van der Waals surface area contributed by atoms with Crippen molar-refractivity contribution in [1.29, 1.82) is 0 Å². The van der Waals surface area contributed by atoms with Crippen molar-refractivity contribution in [3.63, 3.8) is 0 Å². The molecule has 1 aromatic heterocycles. The summed E-state index contributed by atoms with van der Waals surface area (Å²) in [7, 11) is 1.71. The maximum atomic E-state index is 12.7. The second-order valence-corrected chi connectivity index (χ2v) is 8.62. The molecule has 0 N–H and O–H groups in total. The van der Waals surface area contributed by atoms with Gasteiger partial charge in [0.15, 0.2) is 0 Å². The number of hydrogen-bond donors (Lipinski definition) is 0. The summed E-state index contributed by atoms with van der Waals surface area (Å²) in [6.45, 7) is 5.49. The molecule has 0 aliphatic carbocycles. The molecule has 0 saturated carbocycles. The summed E-state index contributed by atoms with van der Waals surface area (Å²) in [5.41, 5.74) is 1.72. The van der Waals surface area contributed by atoms with E-state index in [1.165, 1.54) is 0 Å². The summed E-state index contributed by atoms with van der Waals surface area (Å²) in [6.07, 6.45) is 10.6. The number of ether oxygens (including phenoxy) is 1. The van der Waals surface area contributed by atoms with E-state index in [-0.39, 0.29) is 17.2 Å². The molecule has 0 aromatic carbocycles. The number of nitrogens with zero attached hydrogens (tertiary/aromatic N) is 4. The summed E-state index contributed by atoms with van der Waals surface area (Å²) >= 11 is 0. The van der Waals surface area contributed by atoms with Crippen molar-refractivity contribution in [2.45, 2.75) is 64.8 Å². The van der Waals surface area contributed by atoms with Gasteiger partial charge in [0, 0.05) is 57.8 Å². The zero-order valence-electron chi connectivity index (χ0n) is 17.9. The predicted molar refractivity (Wildman–Crippen MR) is 110 cm³/mol. The van der Waals surface area contributed by atoms with Crippen LogP contribution >= 0.6 is 0 Å². The highest BCUT2D eigenvalue weighted by Gasteiger charge is 2.42. The van der Waals surface area contributed by atoms with Crippen LogP contribution in [0.2, 0.25) is 0 Å². The summed E-state index contributed by atoms with van der Waals surface area (Å²) in [6, 6.07) is 0. The van der Waals surface area contributed by atoms with E-state index in [2.05, 4.69) is 9.97 Å². The van der Waals surface area contributed by atoms with Crippen LogP contribution in [0.25, 0.3) is 0 Å². The lowest BCUT2D eigenvalue weighted by Crippen LogP contribution is -2.54. The van der Waals surface area contributed by atoms with Gasteiger partial charge in [0.1, 0.15) is 0 Å². The van der Waals surface area contributed by atoms with Gasteiger partial charge in [-0.1, -0.05) is 6.42 Å². The van der Waals surface area contributed by atoms with Gasteiger partial charge in [-0.15, -0.1) is 0 Å². The Morgan fingerprint density at radius 1 is 1.17 bits per heavy atom. The van der Waals surface area contributed by atoms with E-state index in [1.807, 2.05) is 16.7 Å². The van der Waals surface area contributed by atoms with E-state index in [4.69, 9.17) is 4.74 Å². The Kier molecular flexibility index (Phi) is 7.58. The lowest BCUT2D eigenvalue weighted by atomic mass is 9.73. The van der Waals surface area contributed by atoms with E-state index in [9.17, 15) is 9.59 Å². The van der Waals surface area contributed by atoms with Crippen molar-refractivity contribution >= 4 is 11.8 Å². The largest absolute Gasteiger partial charge is 0.385 e. The number of carbonyl (C=O) groups excluding carboxylic acids is 2. The molecule has 0 unspecified atom stereocenters. The minimum atomic E-state index is 0.0238. The molecule has 2 aliphatic rings. The molecule has 0 radical (unpaired) electrons. The van der Waals surface area contributed by atoms with Gasteiger partial charge < -0.3 is 14.5 Å². The fourth-order valence-electron chi connectivity index (χ4n) is 4.55. The highest BCUT2D eigenvalue weighted by Crippen LogP contribution is 2.39. The first kappa shape index (κ1) is 21.7. The van der Waals surface area contributed by atoms with Crippen LogP contribution in [0.4, 0.5) is 0 Å². The maximum Gasteiger partial charge on any atom is 0.222 e. The summed E-state index contributed by atoms with van der Waals surface area (Å²) in [4.78, 5) is 37.9. The number of aromatic nitrogens is 2. The van der Waals surface area contributed by atoms with E-state index >= 15 is 0 Å². The molecule has 0 bridgehead atoms. The highest BCUT2D eigenvalue weighted by atomic mass is 16.5. The minimum Gasteiger partial charge on any atom is -0.385 e. The summed E-state index contributed by atoms with van der Waals surface area (Å²) < 4.78 is 5.07. The van der Waals surface area contributed by atoms with Crippen LogP contribution in [0, 0.1) is 12.3 Å². The van der Waals surface area contributed by atoms with E-state index in [0.717, 1.165) is 69.6 Å². The molecule has 160 valence electrons. The van der Waals surface area contributed by atoms with E-state index in [1.54, 1.807) is 19.5 Å². The van der Waals surface area contributed by atoms with Gasteiger partial charge in [0.2, 0.25) is 11.8 Å². The number of rotatable bonds is 8. The molecule has 1 atom stereocenters. The predicted octanol–water partition coefficient (Wildman–Crippen LogP) is 2.72. The van der Waals surface area contributed by atoms with Crippen molar-refractivity contribution in [2.75, 3.05) is 33.4 Å². The smallest absolute Gasteiger partial charge is 0.222 e. The summed E-state index contributed by atoms with van der Waals surface area (Å²) in [5, 5.41) is 0. The van der Waals surface area contributed by atoms with Gasteiger partial charge in [0.05, 0.1) is 24.1 Å². The number of unbranched alkanes of at least 4 members (excludes halogenated alkanes) is 2. The average Bonchev–Trinajstić information content (AvgIpc) is 2.72. The molecule has 2 fully saturated rings. The number of hydrogen-bond acceptors (Lipinski definition) is 5. The van der Waals surface area contributed by atoms with Crippen LogP contribution in [0.1, 0.15) is 62.8 Å². The van der Waals surface area contributed by atoms with Gasteiger partial charge in [-0.25, -0.2) is 0 Å². The molecule has 2 amide bonds. The van der Waals surface area contributed by atoms with E-state index < -0.39 is 0 Å². The molecule has 1 aromatic rings. The highest BCUT2D eigenvalue weighted by molar-refractivity contribution is 5.78. The Bertz CT molecular complexity index is 694. The third-order valence-corrected chi connectivity index (χ3v) is 6.19. The van der Waals surface area contributed by atoms with Crippen LogP contribution in [-0.4, -0.2) is 64.9 Å². The van der Waals surface area contributed by atoms with Crippen LogP contribution in [0.5, 0.6) is 0 Å². The zero-order chi connectivity index (χ0) is 20.7. The molecule has 7 nitrogen and oxygen atoms in total. The van der Waals surface area contributed by atoms with Gasteiger partial charge in [-0.2, -0.15) is 0 Å². The number of amides is 2. The average molecular weight is 403 g/mol. The number of likely N-dealkylation sites (tertiary alicyclic amines) is 2. The molecule has 2 saturated heterocycles. The molecule has 1 spiro atoms. The second kappa shape index (κ2) is 10.1. The third-order valence-electron chi connectivity index (χ3n) is 6.19. The molecular formula is C22H34N4O3. The van der Waals surface area contributed by atoms with E-state index in [0.29, 0.717) is 25.9 Å². The van der Waals surface area contributed by atoms with Crippen molar-refractivity contribution in [1.82, 2.24) is 19.8 Å². The minimum absolute atomic E-state index is 0.0238. The van der Waals surface area contributed by atoms with Crippen LogP contribution < -0.4 is 0 Å². The Morgan fingerprint density at radius 2 is 2.03 bits per heavy atom. The van der Waals surface area contributed by atoms with Crippen LogP contribution in [0.3, 0.4) is 0 Å². The van der Waals surface area contributed by atoms with Gasteiger partial charge in [-0.3, -0.25) is 19.6 Å².